The zero-order chi connectivity index (χ0) is 25.9. The highest BCUT2D eigenvalue weighted by molar-refractivity contribution is 6.00. The highest BCUT2D eigenvalue weighted by Gasteiger charge is 2.24. The molecule has 0 unspecified atom stereocenters. The Kier molecular flexibility index (Phi) is 6.99. The van der Waals surface area contributed by atoms with Crippen LogP contribution in [0, 0.1) is 13.8 Å². The molecule has 190 valence electrons. The van der Waals surface area contributed by atoms with Crippen LogP contribution in [0.5, 0.6) is 11.5 Å². The summed E-state index contributed by atoms with van der Waals surface area (Å²) in [7, 11) is 1.65. The molecule has 1 fully saturated rings. The molecule has 1 aliphatic heterocycles. The van der Waals surface area contributed by atoms with E-state index in [1.54, 1.807) is 7.11 Å². The Labute approximate surface area is 218 Å². The molecular formula is C31H33N3O3. The van der Waals surface area contributed by atoms with Crippen LogP contribution in [0.3, 0.4) is 0 Å². The average Bonchev–Trinajstić information content (AvgIpc) is 2.92. The number of methoxy groups -OCH3 is 1. The third-order valence-corrected chi connectivity index (χ3v) is 6.94. The molecule has 0 saturated carbocycles. The van der Waals surface area contributed by atoms with Crippen molar-refractivity contribution < 1.29 is 14.3 Å². The summed E-state index contributed by atoms with van der Waals surface area (Å²) < 4.78 is 11.4. The molecule has 2 heterocycles. The number of benzene rings is 3. The second kappa shape index (κ2) is 10.5. The molecule has 0 aliphatic carbocycles. The molecule has 1 aromatic heterocycles. The SMILES string of the molecule is CCOc1cc(-c2cccc(OC)c2)nc2ccc(C(=O)N3CCN(c4ccc(C)cc4C)CC3)cc12. The summed E-state index contributed by atoms with van der Waals surface area (Å²) in [6, 6.07) is 22.0. The molecule has 37 heavy (non-hydrogen) atoms. The van der Waals surface area contributed by atoms with E-state index in [1.807, 2.05) is 60.4 Å². The van der Waals surface area contributed by atoms with Crippen LogP contribution >= 0.6 is 0 Å². The van der Waals surface area contributed by atoms with Gasteiger partial charge in [0.25, 0.3) is 5.91 Å². The van der Waals surface area contributed by atoms with Gasteiger partial charge in [-0.3, -0.25) is 4.79 Å². The molecule has 5 rings (SSSR count). The molecular weight excluding hydrogens is 462 g/mol. The fourth-order valence-electron chi connectivity index (χ4n) is 5.03. The number of anilines is 1. The molecule has 0 radical (unpaired) electrons. The van der Waals surface area contributed by atoms with Gasteiger partial charge in [-0.15, -0.1) is 0 Å². The van der Waals surface area contributed by atoms with Gasteiger partial charge < -0.3 is 19.3 Å². The number of hydrogen-bond acceptors (Lipinski definition) is 5. The van der Waals surface area contributed by atoms with E-state index in [4.69, 9.17) is 14.5 Å². The van der Waals surface area contributed by atoms with Crippen LogP contribution in [0.1, 0.15) is 28.4 Å². The number of fused-ring (bicyclic) bond motifs is 1. The number of piperazine rings is 1. The normalized spacial score (nSPS) is 13.6. The molecule has 0 bridgehead atoms. The number of ether oxygens (including phenoxy) is 2. The maximum atomic E-state index is 13.5. The number of hydrogen-bond donors (Lipinski definition) is 0. The second-order valence-electron chi connectivity index (χ2n) is 9.47. The topological polar surface area (TPSA) is 54.9 Å². The van der Waals surface area contributed by atoms with Crippen LogP contribution in [0.4, 0.5) is 5.69 Å². The van der Waals surface area contributed by atoms with Crippen molar-refractivity contribution in [2.75, 3.05) is 44.8 Å². The average molecular weight is 496 g/mol. The highest BCUT2D eigenvalue weighted by atomic mass is 16.5. The third kappa shape index (κ3) is 5.10. The van der Waals surface area contributed by atoms with Crippen LogP contribution in [0.15, 0.2) is 66.7 Å². The van der Waals surface area contributed by atoms with E-state index in [2.05, 4.69) is 36.9 Å². The molecule has 1 saturated heterocycles. The van der Waals surface area contributed by atoms with Gasteiger partial charge in [-0.1, -0.05) is 29.8 Å². The van der Waals surface area contributed by atoms with Crippen molar-refractivity contribution >= 4 is 22.5 Å². The summed E-state index contributed by atoms with van der Waals surface area (Å²) in [5.74, 6) is 1.54. The Morgan fingerprint density at radius 3 is 2.49 bits per heavy atom. The number of nitrogens with zero attached hydrogens (tertiary/aromatic N) is 3. The first-order valence-corrected chi connectivity index (χ1v) is 12.8. The van der Waals surface area contributed by atoms with Crippen LogP contribution in [-0.2, 0) is 0 Å². The smallest absolute Gasteiger partial charge is 0.254 e. The number of aromatic nitrogens is 1. The van der Waals surface area contributed by atoms with E-state index in [1.165, 1.54) is 16.8 Å². The van der Waals surface area contributed by atoms with Crippen molar-refractivity contribution in [3.63, 3.8) is 0 Å². The summed E-state index contributed by atoms with van der Waals surface area (Å²) in [6.07, 6.45) is 0. The minimum absolute atomic E-state index is 0.0431. The minimum Gasteiger partial charge on any atom is -0.497 e. The molecule has 0 atom stereocenters. The maximum Gasteiger partial charge on any atom is 0.254 e. The van der Waals surface area contributed by atoms with Crippen molar-refractivity contribution in [3.8, 4) is 22.8 Å². The summed E-state index contributed by atoms with van der Waals surface area (Å²) in [4.78, 5) is 22.6. The van der Waals surface area contributed by atoms with Crippen molar-refractivity contribution in [2.45, 2.75) is 20.8 Å². The quantitative estimate of drug-likeness (QED) is 0.334. The van der Waals surface area contributed by atoms with Crippen molar-refractivity contribution in [1.29, 1.82) is 0 Å². The van der Waals surface area contributed by atoms with Crippen LogP contribution in [-0.4, -0.2) is 55.7 Å². The number of amides is 1. The van der Waals surface area contributed by atoms with E-state index in [0.717, 1.165) is 46.7 Å². The van der Waals surface area contributed by atoms with E-state index >= 15 is 0 Å². The monoisotopic (exact) mass is 495 g/mol. The summed E-state index contributed by atoms with van der Waals surface area (Å²) in [5.41, 5.74) is 6.99. The number of carbonyl (C=O) groups excluding carboxylic acids is 1. The lowest BCUT2D eigenvalue weighted by molar-refractivity contribution is 0.0747. The predicted molar refractivity (Wildman–Crippen MR) is 149 cm³/mol. The van der Waals surface area contributed by atoms with Crippen molar-refractivity contribution in [2.24, 2.45) is 0 Å². The molecule has 6 heteroatoms. The zero-order valence-electron chi connectivity index (χ0n) is 22.0. The summed E-state index contributed by atoms with van der Waals surface area (Å²) >= 11 is 0. The first-order chi connectivity index (χ1) is 18.0. The molecule has 1 aliphatic rings. The molecule has 3 aromatic carbocycles. The molecule has 1 amide bonds. The van der Waals surface area contributed by atoms with Gasteiger partial charge in [0.15, 0.2) is 0 Å². The largest absolute Gasteiger partial charge is 0.497 e. The number of pyridine rings is 1. The van der Waals surface area contributed by atoms with Gasteiger partial charge in [0.05, 0.1) is 24.9 Å². The van der Waals surface area contributed by atoms with Gasteiger partial charge >= 0.3 is 0 Å². The van der Waals surface area contributed by atoms with E-state index < -0.39 is 0 Å². The molecule has 4 aromatic rings. The predicted octanol–water partition coefficient (Wildman–Crippen LogP) is 5.89. The summed E-state index contributed by atoms with van der Waals surface area (Å²) in [5, 5.41) is 0.841. The van der Waals surface area contributed by atoms with Gasteiger partial charge in [0.1, 0.15) is 11.5 Å². The molecule has 0 N–H and O–H groups in total. The summed E-state index contributed by atoms with van der Waals surface area (Å²) in [6.45, 7) is 9.77. The molecule has 6 nitrogen and oxygen atoms in total. The number of rotatable bonds is 6. The van der Waals surface area contributed by atoms with E-state index in [9.17, 15) is 4.79 Å². The Morgan fingerprint density at radius 2 is 1.76 bits per heavy atom. The standard InChI is InChI=1S/C31H33N3O3/c1-5-37-30-20-28(23-7-6-8-25(18-23)36-4)32-27-11-10-24(19-26(27)30)31(35)34-15-13-33(14-16-34)29-12-9-21(2)17-22(29)3/h6-12,17-20H,5,13-16H2,1-4H3. The first-order valence-electron chi connectivity index (χ1n) is 12.8. The van der Waals surface area contributed by atoms with E-state index in [-0.39, 0.29) is 5.91 Å². The van der Waals surface area contributed by atoms with Gasteiger partial charge in [-0.05, 0) is 62.7 Å². The Balaban J connectivity index is 1.38. The fraction of sp³-hybridized carbons (Fsp3) is 0.290. The van der Waals surface area contributed by atoms with Crippen LogP contribution < -0.4 is 14.4 Å². The first kappa shape index (κ1) is 24.6. The number of aryl methyl sites for hydroxylation is 2. The number of carbonyl (C=O) groups is 1. The lowest BCUT2D eigenvalue weighted by atomic mass is 10.1. The lowest BCUT2D eigenvalue weighted by Gasteiger charge is -2.37. The second-order valence-corrected chi connectivity index (χ2v) is 9.47. The van der Waals surface area contributed by atoms with Gasteiger partial charge in [-0.2, -0.15) is 0 Å². The zero-order valence-corrected chi connectivity index (χ0v) is 22.0. The van der Waals surface area contributed by atoms with Gasteiger partial charge in [0.2, 0.25) is 0 Å². The van der Waals surface area contributed by atoms with Gasteiger partial charge in [-0.25, -0.2) is 4.98 Å². The highest BCUT2D eigenvalue weighted by Crippen LogP contribution is 2.32. The van der Waals surface area contributed by atoms with Crippen molar-refractivity contribution in [3.05, 3.63) is 83.4 Å². The lowest BCUT2D eigenvalue weighted by Crippen LogP contribution is -2.49. The Hall–Kier alpha value is -4.06. The Morgan fingerprint density at radius 1 is 0.946 bits per heavy atom. The Bertz CT molecular complexity index is 1440. The van der Waals surface area contributed by atoms with E-state index in [0.29, 0.717) is 25.3 Å². The van der Waals surface area contributed by atoms with Gasteiger partial charge in [0, 0.05) is 54.4 Å². The molecule has 0 spiro atoms. The van der Waals surface area contributed by atoms with Crippen LogP contribution in [0.2, 0.25) is 0 Å². The third-order valence-electron chi connectivity index (χ3n) is 6.94. The minimum atomic E-state index is 0.0431. The van der Waals surface area contributed by atoms with Crippen LogP contribution in [0.25, 0.3) is 22.2 Å². The van der Waals surface area contributed by atoms with Crippen molar-refractivity contribution in [1.82, 2.24) is 9.88 Å². The maximum absolute atomic E-state index is 13.5. The fourth-order valence-corrected chi connectivity index (χ4v) is 5.03.